The van der Waals surface area contributed by atoms with E-state index in [0.717, 1.165) is 50.8 Å². The average Bonchev–Trinajstić information content (AvgIpc) is 2.80. The maximum Gasteiger partial charge on any atom is 0.321 e. The maximum absolute atomic E-state index is 12.7. The summed E-state index contributed by atoms with van der Waals surface area (Å²) in [5.41, 5.74) is 3.24. The zero-order chi connectivity index (χ0) is 20.1. The first-order chi connectivity index (χ1) is 14.2. The summed E-state index contributed by atoms with van der Waals surface area (Å²) in [5.74, 6) is 0.729. The summed E-state index contributed by atoms with van der Waals surface area (Å²) in [5, 5.41) is 2.97. The van der Waals surface area contributed by atoms with E-state index in [1.807, 2.05) is 29.2 Å². The van der Waals surface area contributed by atoms with Crippen molar-refractivity contribution in [1.82, 2.24) is 4.90 Å². The largest absolute Gasteiger partial charge is 0.497 e. The predicted molar refractivity (Wildman–Crippen MR) is 115 cm³/mol. The Morgan fingerprint density at radius 2 is 1.55 bits per heavy atom. The van der Waals surface area contributed by atoms with Gasteiger partial charge in [0.05, 0.1) is 31.7 Å². The van der Waals surface area contributed by atoms with Crippen molar-refractivity contribution in [3.05, 3.63) is 48.5 Å². The second kappa shape index (κ2) is 9.05. The van der Waals surface area contributed by atoms with Gasteiger partial charge < -0.3 is 29.5 Å². The number of amides is 2. The summed E-state index contributed by atoms with van der Waals surface area (Å²) in [6.45, 7) is 6.37. The van der Waals surface area contributed by atoms with Crippen molar-refractivity contribution in [2.24, 2.45) is 0 Å². The summed E-state index contributed by atoms with van der Waals surface area (Å²) in [4.78, 5) is 19.3. The van der Waals surface area contributed by atoms with Crippen molar-refractivity contribution in [3.63, 3.8) is 0 Å². The van der Waals surface area contributed by atoms with Crippen molar-refractivity contribution in [2.45, 2.75) is 0 Å². The zero-order valence-corrected chi connectivity index (χ0v) is 16.8. The third kappa shape index (κ3) is 4.56. The highest BCUT2D eigenvalue weighted by atomic mass is 16.5. The lowest BCUT2D eigenvalue weighted by Gasteiger charge is -2.39. The van der Waals surface area contributed by atoms with Crippen LogP contribution in [-0.4, -0.2) is 70.5 Å². The molecule has 29 heavy (non-hydrogen) atoms. The Hall–Kier alpha value is -2.93. The third-order valence-electron chi connectivity index (χ3n) is 5.46. The molecule has 0 saturated carbocycles. The zero-order valence-electron chi connectivity index (χ0n) is 16.8. The first kappa shape index (κ1) is 19.4. The number of carbonyl (C=O) groups is 1. The van der Waals surface area contributed by atoms with Crippen molar-refractivity contribution < 1.29 is 14.3 Å². The molecule has 2 aromatic rings. The first-order valence-electron chi connectivity index (χ1n) is 10.1. The third-order valence-corrected chi connectivity index (χ3v) is 5.46. The van der Waals surface area contributed by atoms with Gasteiger partial charge in [0.15, 0.2) is 0 Å². The monoisotopic (exact) mass is 396 g/mol. The van der Waals surface area contributed by atoms with E-state index in [9.17, 15) is 4.79 Å². The molecule has 0 atom stereocenters. The number of piperazine rings is 1. The number of nitrogens with one attached hydrogen (secondary N) is 1. The van der Waals surface area contributed by atoms with Crippen LogP contribution in [0.3, 0.4) is 0 Å². The number of rotatable bonds is 4. The number of hydrogen-bond donors (Lipinski definition) is 1. The van der Waals surface area contributed by atoms with Gasteiger partial charge in [-0.2, -0.15) is 0 Å². The Balaban J connectivity index is 1.37. The molecule has 2 aliphatic rings. The normalized spacial score (nSPS) is 17.2. The second-order valence-corrected chi connectivity index (χ2v) is 7.22. The molecule has 2 aliphatic heterocycles. The average molecular weight is 396 g/mol. The highest BCUT2D eigenvalue weighted by Crippen LogP contribution is 2.30. The number of carbonyl (C=O) groups excluding carboxylic acids is 1. The van der Waals surface area contributed by atoms with E-state index in [2.05, 4.69) is 39.4 Å². The number of methoxy groups -OCH3 is 1. The van der Waals surface area contributed by atoms with Crippen LogP contribution in [0.25, 0.3) is 0 Å². The molecule has 7 heteroatoms. The standard InChI is InChI=1S/C22H28N4O3/c1-28-19-6-4-5-18(17-19)23-22(27)26-11-9-24(10-12-26)20-7-2-3-8-21(20)25-13-15-29-16-14-25/h2-8,17H,9-16H2,1H3,(H,23,27). The molecule has 0 spiro atoms. The molecular weight excluding hydrogens is 368 g/mol. The van der Waals surface area contributed by atoms with Gasteiger partial charge >= 0.3 is 6.03 Å². The van der Waals surface area contributed by atoms with E-state index in [1.165, 1.54) is 11.4 Å². The molecule has 0 radical (unpaired) electrons. The number of hydrogen-bond acceptors (Lipinski definition) is 5. The van der Waals surface area contributed by atoms with Gasteiger partial charge in [0.25, 0.3) is 0 Å². The maximum atomic E-state index is 12.7. The summed E-state index contributed by atoms with van der Waals surface area (Å²) in [6, 6.07) is 15.9. The Morgan fingerprint density at radius 3 is 2.21 bits per heavy atom. The highest BCUT2D eigenvalue weighted by molar-refractivity contribution is 5.89. The van der Waals surface area contributed by atoms with Gasteiger partial charge in [-0.3, -0.25) is 0 Å². The van der Waals surface area contributed by atoms with Crippen LogP contribution in [0.4, 0.5) is 21.9 Å². The Morgan fingerprint density at radius 1 is 0.897 bits per heavy atom. The van der Waals surface area contributed by atoms with Crippen LogP contribution < -0.4 is 19.9 Å². The molecule has 0 aliphatic carbocycles. The van der Waals surface area contributed by atoms with Gasteiger partial charge in [0.2, 0.25) is 0 Å². The highest BCUT2D eigenvalue weighted by Gasteiger charge is 2.24. The second-order valence-electron chi connectivity index (χ2n) is 7.22. The Bertz CT molecular complexity index is 830. The van der Waals surface area contributed by atoms with E-state index >= 15 is 0 Å². The first-order valence-corrected chi connectivity index (χ1v) is 10.1. The predicted octanol–water partition coefficient (Wildman–Crippen LogP) is 2.89. The lowest BCUT2D eigenvalue weighted by molar-refractivity contribution is 0.122. The fourth-order valence-electron chi connectivity index (χ4n) is 3.86. The number of morpholine rings is 1. The van der Waals surface area contributed by atoms with Crippen LogP contribution >= 0.6 is 0 Å². The van der Waals surface area contributed by atoms with Crippen LogP contribution in [0.1, 0.15) is 0 Å². The Labute approximate surface area is 171 Å². The minimum Gasteiger partial charge on any atom is -0.497 e. The topological polar surface area (TPSA) is 57.3 Å². The fraction of sp³-hybridized carbons (Fsp3) is 0.409. The molecule has 1 N–H and O–H groups in total. The van der Waals surface area contributed by atoms with Crippen LogP contribution in [-0.2, 0) is 4.74 Å². The van der Waals surface area contributed by atoms with Gasteiger partial charge in [0, 0.05) is 51.0 Å². The van der Waals surface area contributed by atoms with Crippen molar-refractivity contribution in [3.8, 4) is 5.75 Å². The van der Waals surface area contributed by atoms with Gasteiger partial charge in [-0.05, 0) is 24.3 Å². The lowest BCUT2D eigenvalue weighted by atomic mass is 10.2. The molecule has 2 saturated heterocycles. The molecular formula is C22H28N4O3. The quantitative estimate of drug-likeness (QED) is 0.861. The number of nitrogens with zero attached hydrogens (tertiary/aromatic N) is 3. The van der Waals surface area contributed by atoms with Crippen LogP contribution in [0.5, 0.6) is 5.75 Å². The summed E-state index contributed by atoms with van der Waals surface area (Å²) >= 11 is 0. The molecule has 2 aromatic carbocycles. The molecule has 0 unspecified atom stereocenters. The van der Waals surface area contributed by atoms with E-state index in [-0.39, 0.29) is 6.03 Å². The van der Waals surface area contributed by atoms with Gasteiger partial charge in [0.1, 0.15) is 5.75 Å². The lowest BCUT2D eigenvalue weighted by Crippen LogP contribution is -2.50. The van der Waals surface area contributed by atoms with Crippen LogP contribution in [0.15, 0.2) is 48.5 Å². The van der Waals surface area contributed by atoms with E-state index < -0.39 is 0 Å². The number of benzene rings is 2. The summed E-state index contributed by atoms with van der Waals surface area (Å²) < 4.78 is 10.7. The van der Waals surface area contributed by atoms with Crippen LogP contribution in [0, 0.1) is 0 Å². The van der Waals surface area contributed by atoms with Gasteiger partial charge in [-0.25, -0.2) is 4.79 Å². The van der Waals surface area contributed by atoms with Crippen molar-refractivity contribution in [1.29, 1.82) is 0 Å². The Kier molecular flexibility index (Phi) is 6.05. The molecule has 154 valence electrons. The number of para-hydroxylation sites is 2. The van der Waals surface area contributed by atoms with E-state index in [1.54, 1.807) is 7.11 Å². The smallest absolute Gasteiger partial charge is 0.321 e. The van der Waals surface area contributed by atoms with Gasteiger partial charge in [-0.15, -0.1) is 0 Å². The van der Waals surface area contributed by atoms with Crippen molar-refractivity contribution >= 4 is 23.1 Å². The molecule has 2 fully saturated rings. The fourth-order valence-corrected chi connectivity index (χ4v) is 3.86. The van der Waals surface area contributed by atoms with Crippen LogP contribution in [0.2, 0.25) is 0 Å². The minimum absolute atomic E-state index is 0.0700. The minimum atomic E-state index is -0.0700. The molecule has 2 heterocycles. The number of urea groups is 1. The molecule has 0 bridgehead atoms. The number of ether oxygens (including phenoxy) is 2. The summed E-state index contributed by atoms with van der Waals surface area (Å²) in [6.07, 6.45) is 0. The SMILES string of the molecule is COc1cccc(NC(=O)N2CCN(c3ccccc3N3CCOCC3)CC2)c1. The number of anilines is 3. The van der Waals surface area contributed by atoms with E-state index in [4.69, 9.17) is 9.47 Å². The summed E-state index contributed by atoms with van der Waals surface area (Å²) in [7, 11) is 1.62. The molecule has 2 amide bonds. The molecule has 7 nitrogen and oxygen atoms in total. The van der Waals surface area contributed by atoms with E-state index in [0.29, 0.717) is 13.1 Å². The molecule has 4 rings (SSSR count). The molecule has 0 aromatic heterocycles. The van der Waals surface area contributed by atoms with Gasteiger partial charge in [-0.1, -0.05) is 18.2 Å². The van der Waals surface area contributed by atoms with Crippen molar-refractivity contribution in [2.75, 3.05) is 74.7 Å².